The zero-order valence-corrected chi connectivity index (χ0v) is 15.1. The average Bonchev–Trinajstić information content (AvgIpc) is 2.62. The lowest BCUT2D eigenvalue weighted by atomic mass is 10.3. The number of hydrogen-bond acceptors (Lipinski definition) is 7. The van der Waals surface area contributed by atoms with E-state index in [4.69, 9.17) is 4.74 Å². The van der Waals surface area contributed by atoms with E-state index in [1.807, 2.05) is 0 Å². The van der Waals surface area contributed by atoms with Gasteiger partial charge in [0.25, 0.3) is 0 Å². The zero-order valence-electron chi connectivity index (χ0n) is 14.3. The molecule has 1 N–H and O–H groups in total. The molecule has 0 amide bonds. The molecule has 1 aromatic carbocycles. The van der Waals surface area contributed by atoms with Crippen LogP contribution in [0.5, 0.6) is 11.6 Å². The quantitative estimate of drug-likeness (QED) is 0.735. The summed E-state index contributed by atoms with van der Waals surface area (Å²) in [5, 5.41) is 3.13. The van der Waals surface area contributed by atoms with Crippen molar-refractivity contribution in [2.24, 2.45) is 0 Å². The second-order valence-electron chi connectivity index (χ2n) is 6.05. The molecule has 0 saturated carbocycles. The second-order valence-corrected chi connectivity index (χ2v) is 8.35. The monoisotopic (exact) mass is 380 g/mol. The first-order chi connectivity index (χ1) is 12.5. The highest BCUT2D eigenvalue weighted by Crippen LogP contribution is 2.19. The van der Waals surface area contributed by atoms with Crippen LogP contribution in [0.15, 0.2) is 36.5 Å². The SMILES string of the molecule is O=S1(=O)CCN(CCCNc2nccc(Oc3ccc(F)cc3)n2)CC1. The minimum Gasteiger partial charge on any atom is -0.439 e. The Morgan fingerprint density at radius 1 is 1.15 bits per heavy atom. The average molecular weight is 380 g/mol. The van der Waals surface area contributed by atoms with Gasteiger partial charge < -0.3 is 15.0 Å². The van der Waals surface area contributed by atoms with Gasteiger partial charge in [0.05, 0.1) is 11.5 Å². The molecular formula is C17H21FN4O3S. The van der Waals surface area contributed by atoms with Gasteiger partial charge in [-0.3, -0.25) is 0 Å². The fourth-order valence-corrected chi connectivity index (χ4v) is 3.86. The summed E-state index contributed by atoms with van der Waals surface area (Å²) >= 11 is 0. The minimum atomic E-state index is -2.83. The smallest absolute Gasteiger partial charge is 0.225 e. The van der Waals surface area contributed by atoms with Crippen molar-refractivity contribution in [1.29, 1.82) is 0 Å². The Bertz CT molecular complexity index is 816. The van der Waals surface area contributed by atoms with Crippen molar-refractivity contribution < 1.29 is 17.5 Å². The maximum absolute atomic E-state index is 12.9. The molecular weight excluding hydrogens is 359 g/mol. The van der Waals surface area contributed by atoms with Gasteiger partial charge in [-0.2, -0.15) is 4.98 Å². The number of hydrogen-bond donors (Lipinski definition) is 1. The molecule has 9 heteroatoms. The summed E-state index contributed by atoms with van der Waals surface area (Å²) in [6, 6.07) is 7.33. The number of anilines is 1. The van der Waals surface area contributed by atoms with Crippen molar-refractivity contribution >= 4 is 15.8 Å². The molecule has 2 heterocycles. The van der Waals surface area contributed by atoms with E-state index in [0.29, 0.717) is 37.2 Å². The molecule has 1 aliphatic rings. The molecule has 26 heavy (non-hydrogen) atoms. The van der Waals surface area contributed by atoms with Crippen LogP contribution in [0.3, 0.4) is 0 Å². The first kappa shape index (κ1) is 18.5. The minimum absolute atomic E-state index is 0.242. The van der Waals surface area contributed by atoms with Gasteiger partial charge in [-0.15, -0.1) is 0 Å². The van der Waals surface area contributed by atoms with Crippen LogP contribution in [0.2, 0.25) is 0 Å². The Labute approximate surface area is 152 Å². The molecule has 0 spiro atoms. The van der Waals surface area contributed by atoms with E-state index in [1.165, 1.54) is 24.3 Å². The van der Waals surface area contributed by atoms with E-state index in [2.05, 4.69) is 20.2 Å². The number of aromatic nitrogens is 2. The summed E-state index contributed by atoms with van der Waals surface area (Å²) in [6.07, 6.45) is 2.44. The third-order valence-corrected chi connectivity index (χ3v) is 5.65. The van der Waals surface area contributed by atoms with Gasteiger partial charge >= 0.3 is 0 Å². The van der Waals surface area contributed by atoms with E-state index < -0.39 is 9.84 Å². The number of ether oxygens (including phenoxy) is 1. The first-order valence-corrected chi connectivity index (χ1v) is 10.3. The van der Waals surface area contributed by atoms with Crippen LogP contribution in [0.4, 0.5) is 10.3 Å². The Hall–Kier alpha value is -2.26. The van der Waals surface area contributed by atoms with Gasteiger partial charge in [0, 0.05) is 31.9 Å². The van der Waals surface area contributed by atoms with E-state index in [1.54, 1.807) is 12.3 Å². The highest BCUT2D eigenvalue weighted by atomic mass is 32.2. The van der Waals surface area contributed by atoms with Gasteiger partial charge in [0.2, 0.25) is 11.8 Å². The van der Waals surface area contributed by atoms with E-state index >= 15 is 0 Å². The van der Waals surface area contributed by atoms with Crippen molar-refractivity contribution in [2.45, 2.75) is 6.42 Å². The predicted molar refractivity (Wildman–Crippen MR) is 96.7 cm³/mol. The molecule has 1 aliphatic heterocycles. The first-order valence-electron chi connectivity index (χ1n) is 8.43. The molecule has 1 aromatic heterocycles. The summed E-state index contributed by atoms with van der Waals surface area (Å²) in [6.45, 7) is 2.69. The van der Waals surface area contributed by atoms with E-state index in [0.717, 1.165) is 13.0 Å². The number of halogens is 1. The molecule has 0 aliphatic carbocycles. The largest absolute Gasteiger partial charge is 0.439 e. The van der Waals surface area contributed by atoms with Crippen LogP contribution in [0.1, 0.15) is 6.42 Å². The third kappa shape index (κ3) is 5.63. The van der Waals surface area contributed by atoms with Crippen LogP contribution in [0.25, 0.3) is 0 Å². The normalized spacial score (nSPS) is 17.0. The van der Waals surface area contributed by atoms with Gasteiger partial charge in [-0.25, -0.2) is 17.8 Å². The fraction of sp³-hybridized carbons (Fsp3) is 0.412. The van der Waals surface area contributed by atoms with Crippen LogP contribution >= 0.6 is 0 Å². The summed E-state index contributed by atoms with van der Waals surface area (Å²) in [5.74, 6) is 1.48. The van der Waals surface area contributed by atoms with Crippen molar-refractivity contribution in [3.05, 3.63) is 42.3 Å². The third-order valence-electron chi connectivity index (χ3n) is 4.04. The van der Waals surface area contributed by atoms with Crippen LogP contribution in [0, 0.1) is 5.82 Å². The highest BCUT2D eigenvalue weighted by molar-refractivity contribution is 7.91. The molecule has 0 radical (unpaired) electrons. The lowest BCUT2D eigenvalue weighted by Crippen LogP contribution is -2.41. The second kappa shape index (κ2) is 8.41. The predicted octanol–water partition coefficient (Wildman–Crippen LogP) is 1.94. The lowest BCUT2D eigenvalue weighted by Gasteiger charge is -2.26. The molecule has 0 bridgehead atoms. The van der Waals surface area contributed by atoms with Gasteiger partial charge in [0.15, 0.2) is 9.84 Å². The Balaban J connectivity index is 1.43. The molecule has 0 atom stereocenters. The summed E-state index contributed by atoms with van der Waals surface area (Å²) in [7, 11) is -2.83. The van der Waals surface area contributed by atoms with E-state index in [-0.39, 0.29) is 17.3 Å². The maximum atomic E-state index is 12.9. The van der Waals surface area contributed by atoms with Crippen LogP contribution in [-0.2, 0) is 9.84 Å². The lowest BCUT2D eigenvalue weighted by molar-refractivity contribution is 0.294. The number of benzene rings is 1. The van der Waals surface area contributed by atoms with Crippen LogP contribution < -0.4 is 10.1 Å². The number of nitrogens with one attached hydrogen (secondary N) is 1. The molecule has 1 fully saturated rings. The molecule has 3 rings (SSSR count). The topological polar surface area (TPSA) is 84.4 Å². The Morgan fingerprint density at radius 2 is 1.88 bits per heavy atom. The molecule has 140 valence electrons. The summed E-state index contributed by atoms with van der Waals surface area (Å²) in [5.41, 5.74) is 0. The zero-order chi connectivity index (χ0) is 18.4. The number of nitrogens with zero attached hydrogens (tertiary/aromatic N) is 3. The Morgan fingerprint density at radius 3 is 2.62 bits per heavy atom. The van der Waals surface area contributed by atoms with Crippen molar-refractivity contribution in [2.75, 3.05) is 43.0 Å². The standard InChI is InChI=1S/C17H21FN4O3S/c18-14-2-4-15(5-3-14)25-16-6-8-20-17(21-16)19-7-1-9-22-10-12-26(23,24)13-11-22/h2-6,8H,1,7,9-13H2,(H,19,20,21). The Kier molecular flexibility index (Phi) is 6.00. The van der Waals surface area contributed by atoms with Gasteiger partial charge in [-0.1, -0.05) is 0 Å². The van der Waals surface area contributed by atoms with Gasteiger partial charge in [0.1, 0.15) is 11.6 Å². The maximum Gasteiger partial charge on any atom is 0.225 e. The van der Waals surface area contributed by atoms with Crippen LogP contribution in [-0.4, -0.2) is 61.0 Å². The van der Waals surface area contributed by atoms with Crippen molar-refractivity contribution in [3.63, 3.8) is 0 Å². The summed E-state index contributed by atoms with van der Waals surface area (Å²) in [4.78, 5) is 10.6. The highest BCUT2D eigenvalue weighted by Gasteiger charge is 2.20. The van der Waals surface area contributed by atoms with E-state index in [9.17, 15) is 12.8 Å². The molecule has 1 saturated heterocycles. The number of sulfone groups is 1. The fourth-order valence-electron chi connectivity index (χ4n) is 2.58. The molecule has 0 unspecified atom stereocenters. The van der Waals surface area contributed by atoms with Gasteiger partial charge in [-0.05, 0) is 37.2 Å². The molecule has 7 nitrogen and oxygen atoms in total. The number of rotatable bonds is 7. The van der Waals surface area contributed by atoms with Crippen molar-refractivity contribution in [3.8, 4) is 11.6 Å². The van der Waals surface area contributed by atoms with Crippen molar-refractivity contribution in [1.82, 2.24) is 14.9 Å². The molecule has 2 aromatic rings. The summed E-state index contributed by atoms with van der Waals surface area (Å²) < 4.78 is 41.3.